The van der Waals surface area contributed by atoms with Gasteiger partial charge in [-0.05, 0) is 49.8 Å². The summed E-state index contributed by atoms with van der Waals surface area (Å²) >= 11 is 0. The first kappa shape index (κ1) is 12.0. The Balaban J connectivity index is 2.87. The maximum absolute atomic E-state index is 2.36. The predicted octanol–water partition coefficient (Wildman–Crippen LogP) is 4.46. The highest BCUT2D eigenvalue weighted by atomic mass is 14.1. The van der Waals surface area contributed by atoms with Gasteiger partial charge in [0.2, 0.25) is 0 Å². The number of rotatable bonds is 4. The molecule has 0 nitrogen and oxygen atoms in total. The largest absolute Gasteiger partial charge is 0.0881 e. The van der Waals surface area contributed by atoms with Crippen LogP contribution in [-0.4, -0.2) is 0 Å². The lowest BCUT2D eigenvalue weighted by Gasteiger charge is -2.08. The monoisotopic (exact) mass is 202 g/mol. The summed E-state index contributed by atoms with van der Waals surface area (Å²) in [5.74, 6) is 0. The summed E-state index contributed by atoms with van der Waals surface area (Å²) in [5, 5.41) is 0. The van der Waals surface area contributed by atoms with Gasteiger partial charge in [-0.25, -0.2) is 0 Å². The van der Waals surface area contributed by atoms with Gasteiger partial charge in [0.25, 0.3) is 0 Å². The first-order chi connectivity index (χ1) is 7.21. The Hall–Kier alpha value is -1.04. The van der Waals surface area contributed by atoms with E-state index in [-0.39, 0.29) is 0 Å². The Kier molecular flexibility index (Phi) is 4.61. The molecule has 0 aliphatic rings. The Morgan fingerprint density at radius 2 is 2.00 bits per heavy atom. The summed E-state index contributed by atoms with van der Waals surface area (Å²) in [6.45, 7) is 8.78. The van der Waals surface area contributed by atoms with Gasteiger partial charge < -0.3 is 0 Å². The molecular weight excluding hydrogens is 180 g/mol. The molecule has 0 unspecified atom stereocenters. The molecule has 1 rings (SSSR count). The molecule has 1 aromatic carbocycles. The van der Waals surface area contributed by atoms with Crippen molar-refractivity contribution in [3.05, 3.63) is 46.5 Å². The van der Waals surface area contributed by atoms with Crippen LogP contribution >= 0.6 is 0 Å². The van der Waals surface area contributed by atoms with Gasteiger partial charge in [-0.15, -0.1) is 0 Å². The fraction of sp³-hybridized carbons (Fsp3) is 0.467. The molecule has 1 aromatic rings. The van der Waals surface area contributed by atoms with Crippen LogP contribution in [0.25, 0.3) is 0 Å². The number of hydrogen-bond acceptors (Lipinski definition) is 0. The number of hydrogen-bond donors (Lipinski definition) is 0. The van der Waals surface area contributed by atoms with Crippen molar-refractivity contribution >= 4 is 0 Å². The third-order valence-electron chi connectivity index (χ3n) is 3.09. The smallest absolute Gasteiger partial charge is 0.00672 e. The molecule has 0 spiro atoms. The van der Waals surface area contributed by atoms with Crippen molar-refractivity contribution < 1.29 is 0 Å². The molecule has 0 aromatic heterocycles. The summed E-state index contributed by atoms with van der Waals surface area (Å²) < 4.78 is 0. The third-order valence-corrected chi connectivity index (χ3v) is 3.09. The van der Waals surface area contributed by atoms with Gasteiger partial charge in [-0.3, -0.25) is 0 Å². The predicted molar refractivity (Wildman–Crippen MR) is 68.3 cm³/mol. The minimum absolute atomic E-state index is 1.11. The van der Waals surface area contributed by atoms with E-state index < -0.39 is 0 Å². The Morgan fingerprint density at radius 1 is 1.27 bits per heavy atom. The van der Waals surface area contributed by atoms with E-state index in [9.17, 15) is 0 Å². The van der Waals surface area contributed by atoms with Gasteiger partial charge >= 0.3 is 0 Å². The molecule has 0 heterocycles. The molecule has 0 heteroatoms. The lowest BCUT2D eigenvalue weighted by Crippen LogP contribution is -1.93. The number of benzene rings is 1. The molecule has 82 valence electrons. The summed E-state index contributed by atoms with van der Waals surface area (Å²) in [4.78, 5) is 0. The molecule has 15 heavy (non-hydrogen) atoms. The maximum Gasteiger partial charge on any atom is -0.00672 e. The van der Waals surface area contributed by atoms with Crippen molar-refractivity contribution in [3.8, 4) is 0 Å². The second-order valence-corrected chi connectivity index (χ2v) is 4.09. The number of aryl methyl sites for hydroxylation is 2. The van der Waals surface area contributed by atoms with E-state index in [2.05, 4.69) is 52.0 Å². The summed E-state index contributed by atoms with van der Waals surface area (Å²) in [5.41, 5.74) is 5.88. The van der Waals surface area contributed by atoms with Crippen LogP contribution in [-0.2, 0) is 12.8 Å². The zero-order valence-corrected chi connectivity index (χ0v) is 10.4. The van der Waals surface area contributed by atoms with E-state index in [1.165, 1.54) is 22.3 Å². The van der Waals surface area contributed by atoms with Crippen LogP contribution < -0.4 is 0 Å². The van der Waals surface area contributed by atoms with Crippen molar-refractivity contribution in [1.82, 2.24) is 0 Å². The normalized spacial score (nSPS) is 11.9. The second kappa shape index (κ2) is 5.75. The topological polar surface area (TPSA) is 0 Å². The van der Waals surface area contributed by atoms with E-state index in [4.69, 9.17) is 0 Å². The molecule has 0 atom stereocenters. The quantitative estimate of drug-likeness (QED) is 0.632. The zero-order valence-electron chi connectivity index (χ0n) is 10.4. The highest BCUT2D eigenvalue weighted by molar-refractivity contribution is 5.33. The fourth-order valence-electron chi connectivity index (χ4n) is 1.91. The van der Waals surface area contributed by atoms with Crippen LogP contribution in [0.4, 0.5) is 0 Å². The third kappa shape index (κ3) is 3.23. The van der Waals surface area contributed by atoms with E-state index in [1.807, 2.05) is 0 Å². The molecule has 0 radical (unpaired) electrons. The molecule has 0 saturated heterocycles. The highest BCUT2D eigenvalue weighted by Gasteiger charge is 2.00. The molecular formula is C15H22. The Labute approximate surface area is 94.0 Å². The maximum atomic E-state index is 2.36. The van der Waals surface area contributed by atoms with Crippen molar-refractivity contribution in [1.29, 1.82) is 0 Å². The SMILES string of the molecule is C/C=C(\CC)Cc1ccc(C)c(CC)c1. The summed E-state index contributed by atoms with van der Waals surface area (Å²) in [6.07, 6.45) is 5.65. The van der Waals surface area contributed by atoms with Crippen molar-refractivity contribution in [2.24, 2.45) is 0 Å². The van der Waals surface area contributed by atoms with Crippen LogP contribution in [0.3, 0.4) is 0 Å². The van der Waals surface area contributed by atoms with E-state index in [1.54, 1.807) is 0 Å². The lowest BCUT2D eigenvalue weighted by atomic mass is 9.97. The van der Waals surface area contributed by atoms with Crippen LogP contribution in [0.2, 0.25) is 0 Å². The van der Waals surface area contributed by atoms with Crippen LogP contribution in [0.1, 0.15) is 43.9 Å². The average molecular weight is 202 g/mol. The van der Waals surface area contributed by atoms with Crippen LogP contribution in [0.15, 0.2) is 29.8 Å². The standard InChI is InChI=1S/C15H22/c1-5-13(6-2)10-14-9-8-12(4)15(7-3)11-14/h5,8-9,11H,6-7,10H2,1-4H3/b13-5+. The zero-order chi connectivity index (χ0) is 11.3. The van der Waals surface area contributed by atoms with Crippen molar-refractivity contribution in [3.63, 3.8) is 0 Å². The molecule has 0 fully saturated rings. The minimum Gasteiger partial charge on any atom is -0.0881 e. The second-order valence-electron chi connectivity index (χ2n) is 4.09. The van der Waals surface area contributed by atoms with E-state index in [0.29, 0.717) is 0 Å². The first-order valence-electron chi connectivity index (χ1n) is 5.93. The van der Waals surface area contributed by atoms with Gasteiger partial charge in [-0.1, -0.05) is 43.7 Å². The molecule has 0 aliphatic carbocycles. The van der Waals surface area contributed by atoms with Crippen LogP contribution in [0, 0.1) is 6.92 Å². The van der Waals surface area contributed by atoms with E-state index >= 15 is 0 Å². The number of allylic oxidation sites excluding steroid dienone is 2. The van der Waals surface area contributed by atoms with E-state index in [0.717, 1.165) is 19.3 Å². The van der Waals surface area contributed by atoms with Gasteiger partial charge in [0.05, 0.1) is 0 Å². The highest BCUT2D eigenvalue weighted by Crippen LogP contribution is 2.16. The lowest BCUT2D eigenvalue weighted by molar-refractivity contribution is 0.989. The average Bonchev–Trinajstić information content (AvgIpc) is 2.28. The summed E-state index contributed by atoms with van der Waals surface area (Å²) in [7, 11) is 0. The molecule has 0 aliphatic heterocycles. The molecule has 0 saturated carbocycles. The Bertz CT molecular complexity index is 345. The molecule has 0 bridgehead atoms. The fourth-order valence-corrected chi connectivity index (χ4v) is 1.91. The Morgan fingerprint density at radius 3 is 2.53 bits per heavy atom. The van der Waals surface area contributed by atoms with Gasteiger partial charge in [0.15, 0.2) is 0 Å². The van der Waals surface area contributed by atoms with Crippen LogP contribution in [0.5, 0.6) is 0 Å². The van der Waals surface area contributed by atoms with Gasteiger partial charge in [0, 0.05) is 0 Å². The van der Waals surface area contributed by atoms with Crippen molar-refractivity contribution in [2.75, 3.05) is 0 Å². The first-order valence-corrected chi connectivity index (χ1v) is 5.93. The minimum atomic E-state index is 1.11. The van der Waals surface area contributed by atoms with Gasteiger partial charge in [0.1, 0.15) is 0 Å². The summed E-state index contributed by atoms with van der Waals surface area (Å²) in [6, 6.07) is 6.86. The molecule has 0 amide bonds. The van der Waals surface area contributed by atoms with Gasteiger partial charge in [-0.2, -0.15) is 0 Å². The van der Waals surface area contributed by atoms with Crippen molar-refractivity contribution in [2.45, 2.75) is 47.0 Å². The molecule has 0 N–H and O–H groups in total.